The summed E-state index contributed by atoms with van der Waals surface area (Å²) in [4.78, 5) is 0. The highest BCUT2D eigenvalue weighted by Crippen LogP contribution is 2.52. The molecule has 0 fully saturated rings. The van der Waals surface area contributed by atoms with E-state index in [1.165, 1.54) is 270 Å². The Kier molecular flexibility index (Phi) is 50.1. The molecule has 0 bridgehead atoms. The van der Waals surface area contributed by atoms with Crippen molar-refractivity contribution in [3.8, 4) is 0 Å². The zero-order chi connectivity index (χ0) is 67.4. The Morgan fingerprint density at radius 3 is 0.517 bits per heavy atom. The third-order valence-electron chi connectivity index (χ3n) is 26.1. The van der Waals surface area contributed by atoms with Gasteiger partial charge < -0.3 is 0 Å². The third kappa shape index (κ3) is 28.8. The largest absolute Gasteiger partial charge is 0.216 e. The lowest BCUT2D eigenvalue weighted by Crippen LogP contribution is -2.84. The Labute approximate surface area is 565 Å². The summed E-state index contributed by atoms with van der Waals surface area (Å²) in [6.45, 7) is 63.0. The van der Waals surface area contributed by atoms with E-state index in [-0.39, 0.29) is 33.2 Å². The van der Waals surface area contributed by atoms with Gasteiger partial charge in [-0.1, -0.05) is 361 Å². The van der Waals surface area contributed by atoms with Gasteiger partial charge >= 0.3 is 0 Å². The van der Waals surface area contributed by atoms with Crippen molar-refractivity contribution < 1.29 is 0 Å². The summed E-state index contributed by atoms with van der Waals surface area (Å²) in [5.41, 5.74) is 4.21. The second-order valence-corrected chi connectivity index (χ2v) is 32.4. The minimum absolute atomic E-state index is 0.127. The number of nitrogens with one attached hydrogen (secondary N) is 1. The summed E-state index contributed by atoms with van der Waals surface area (Å²) < 4.78 is 0. The molecular weight excluding hydrogens is 1080 g/mol. The second-order valence-electron chi connectivity index (χ2n) is 32.4. The molecule has 0 heterocycles. The molecule has 5 heteroatoms. The molecule has 0 amide bonds. The molecule has 0 spiro atoms. The van der Waals surface area contributed by atoms with E-state index in [2.05, 4.69) is 186 Å². The number of hydrazine groups is 4. The summed E-state index contributed by atoms with van der Waals surface area (Å²) >= 11 is 0. The first-order chi connectivity index (χ1) is 42.5. The van der Waals surface area contributed by atoms with Crippen LogP contribution in [0.25, 0.3) is 0 Å². The Balaban J connectivity index is 9.92. The molecule has 0 radical (unpaired) electrons. The highest BCUT2D eigenvalue weighted by atomic mass is 16.1. The average Bonchev–Trinajstić information content (AvgIpc) is 1.52. The second kappa shape index (κ2) is 50.2. The maximum atomic E-state index is 5.10. The van der Waals surface area contributed by atoms with Crippen molar-refractivity contribution in [3.05, 3.63) is 0 Å². The van der Waals surface area contributed by atoms with Crippen molar-refractivity contribution in [3.63, 3.8) is 0 Å². The van der Waals surface area contributed by atoms with Crippen LogP contribution in [0, 0.1) is 35.5 Å². The van der Waals surface area contributed by atoms with E-state index in [1.54, 1.807) is 0 Å². The molecule has 536 valence electrons. The van der Waals surface area contributed by atoms with Crippen LogP contribution in [0.4, 0.5) is 0 Å². The number of hydrogen-bond donors (Lipinski definition) is 1. The Bertz CT molecular complexity index is 1420. The molecule has 0 aromatic carbocycles. The average molecular weight is 1260 g/mol. The van der Waals surface area contributed by atoms with Crippen molar-refractivity contribution in [1.29, 1.82) is 0 Å². The quantitative estimate of drug-likeness (QED) is 0.0483. The van der Waals surface area contributed by atoms with Gasteiger partial charge in [-0.05, 0) is 154 Å². The molecule has 1 N–H and O–H groups in total. The van der Waals surface area contributed by atoms with Crippen LogP contribution in [-0.2, 0) is 0 Å². The molecule has 0 aliphatic rings. The van der Waals surface area contributed by atoms with E-state index in [0.717, 1.165) is 38.5 Å². The van der Waals surface area contributed by atoms with Crippen molar-refractivity contribution in [2.75, 3.05) is 0 Å². The summed E-state index contributed by atoms with van der Waals surface area (Å²) in [7, 11) is 0. The lowest BCUT2D eigenvalue weighted by atomic mass is 9.72. The van der Waals surface area contributed by atoms with Gasteiger partial charge in [-0.15, -0.1) is 0 Å². The van der Waals surface area contributed by atoms with Crippen molar-refractivity contribution in [2.45, 2.75) is 508 Å². The van der Waals surface area contributed by atoms with E-state index in [0.29, 0.717) is 35.5 Å². The fraction of sp³-hybridized carbons (Fsp3) is 1.00. The van der Waals surface area contributed by atoms with E-state index in [9.17, 15) is 0 Å². The van der Waals surface area contributed by atoms with Crippen LogP contribution < -0.4 is 5.53 Å². The summed E-state index contributed by atoms with van der Waals surface area (Å²) in [6.07, 6.45) is 63.1. The predicted molar refractivity (Wildman–Crippen MR) is 406 cm³/mol. The SMILES string of the molecule is CCCCCCCCC(C)C(C)(CC)N(NN(N(C(C)(CC)C(C)CCCCCCCC)C(C)(CC)C(C)CCCCCCCC)N(C(C)(CC)C(C)CCCCCCCC)C(C)(CC)C(C)CCCCCCCC)C(C)(CC)C(C)CCCCCCCC. The van der Waals surface area contributed by atoms with Crippen LogP contribution in [-0.4, -0.2) is 53.5 Å². The molecular formula is C84H175N5. The molecule has 0 aliphatic heterocycles. The zero-order valence-electron chi connectivity index (χ0n) is 66.7. The van der Waals surface area contributed by atoms with Crippen molar-refractivity contribution >= 4 is 0 Å². The Hall–Kier alpha value is -0.200. The van der Waals surface area contributed by atoms with Crippen LogP contribution in [0.1, 0.15) is 474 Å². The van der Waals surface area contributed by atoms with Gasteiger partial charge in [0.2, 0.25) is 0 Å². The monoisotopic (exact) mass is 1250 g/mol. The van der Waals surface area contributed by atoms with Gasteiger partial charge in [0.1, 0.15) is 0 Å². The molecule has 0 aromatic heterocycles. The number of rotatable bonds is 64. The lowest BCUT2D eigenvalue weighted by Gasteiger charge is -2.69. The van der Waals surface area contributed by atoms with E-state index in [1.807, 2.05) is 0 Å². The highest BCUT2D eigenvalue weighted by molar-refractivity contribution is 5.06. The first kappa shape index (κ1) is 88.8. The van der Waals surface area contributed by atoms with Gasteiger partial charge in [0.25, 0.3) is 0 Å². The van der Waals surface area contributed by atoms with Gasteiger partial charge in [-0.3, -0.25) is 0 Å². The first-order valence-electron chi connectivity index (χ1n) is 41.4. The van der Waals surface area contributed by atoms with Gasteiger partial charge in [0.15, 0.2) is 0 Å². The molecule has 0 rings (SSSR count). The predicted octanol–water partition coefficient (Wildman–Crippen LogP) is 28.8. The Morgan fingerprint density at radius 2 is 0.360 bits per heavy atom. The van der Waals surface area contributed by atoms with Crippen molar-refractivity contribution in [1.82, 2.24) is 25.8 Å². The van der Waals surface area contributed by atoms with E-state index in [4.69, 9.17) is 5.53 Å². The standard InChI is InChI=1S/C84H175N5/c1-25-37-43-49-55-61-67-73(13)79(19,31-7)86(80(20,32-8)74(14)68-62-56-50-44-38-26-2)85-89(87(81(21,33-9)75(15)69-63-57-51-45-39-27-3)82(22,34-10)76(16)70-64-58-52-46-40-28-4)88(83(23,35-11)77(17)71-65-59-53-47-41-29-5)84(24,36-12)78(18)72-66-60-54-48-42-30-6/h73-78,85H,25-72H2,1-24H3. The number of nitrogens with zero attached hydrogens (tertiary/aromatic N) is 4. The highest BCUT2D eigenvalue weighted by Gasteiger charge is 2.60. The molecule has 89 heavy (non-hydrogen) atoms. The number of hydrogen-bond acceptors (Lipinski definition) is 5. The van der Waals surface area contributed by atoms with Crippen LogP contribution in [0.3, 0.4) is 0 Å². The van der Waals surface area contributed by atoms with Gasteiger partial charge in [0, 0.05) is 33.2 Å². The first-order valence-corrected chi connectivity index (χ1v) is 41.4. The van der Waals surface area contributed by atoms with Crippen LogP contribution in [0.5, 0.6) is 0 Å². The maximum Gasteiger partial charge on any atom is 0.0385 e. The molecule has 0 saturated carbocycles. The molecule has 5 nitrogen and oxygen atoms in total. The van der Waals surface area contributed by atoms with Crippen LogP contribution >= 0.6 is 0 Å². The summed E-state index contributed by atoms with van der Waals surface area (Å²) in [5.74, 6) is 2.95. The van der Waals surface area contributed by atoms with Crippen LogP contribution in [0.2, 0.25) is 0 Å². The molecule has 0 saturated heterocycles. The number of unbranched alkanes of at least 4 members (excludes halogenated alkanes) is 30. The fourth-order valence-corrected chi connectivity index (χ4v) is 16.6. The van der Waals surface area contributed by atoms with Crippen molar-refractivity contribution in [2.24, 2.45) is 35.5 Å². The molecule has 12 unspecified atom stereocenters. The third-order valence-corrected chi connectivity index (χ3v) is 26.1. The van der Waals surface area contributed by atoms with E-state index >= 15 is 0 Å². The minimum Gasteiger partial charge on any atom is -0.216 e. The van der Waals surface area contributed by atoms with Gasteiger partial charge in [-0.2, -0.15) is 5.53 Å². The summed E-state index contributed by atoms with van der Waals surface area (Å²) in [6, 6.07) is 0. The van der Waals surface area contributed by atoms with E-state index < -0.39 is 0 Å². The minimum atomic E-state index is -0.158. The normalized spacial score (nSPS) is 18.7. The van der Waals surface area contributed by atoms with Gasteiger partial charge in [0.05, 0.1) is 0 Å². The molecule has 0 aliphatic carbocycles. The Morgan fingerprint density at radius 1 is 0.213 bits per heavy atom. The lowest BCUT2D eigenvalue weighted by molar-refractivity contribution is -0.401. The van der Waals surface area contributed by atoms with Crippen LogP contribution in [0.15, 0.2) is 0 Å². The molecule has 12 atom stereocenters. The smallest absolute Gasteiger partial charge is 0.0385 e. The zero-order valence-corrected chi connectivity index (χ0v) is 66.7. The van der Waals surface area contributed by atoms with Gasteiger partial charge in [-0.25, -0.2) is 15.0 Å². The molecule has 0 aromatic rings. The topological polar surface area (TPSA) is 25.0 Å². The maximum absolute atomic E-state index is 5.10. The summed E-state index contributed by atoms with van der Waals surface area (Å²) in [5, 5.41) is 12.7. The fourth-order valence-electron chi connectivity index (χ4n) is 16.6.